The summed E-state index contributed by atoms with van der Waals surface area (Å²) in [5, 5.41) is 4.27. The second-order valence-electron chi connectivity index (χ2n) is 4.51. The zero-order chi connectivity index (χ0) is 11.7. The van der Waals surface area contributed by atoms with E-state index in [-0.39, 0.29) is 5.82 Å². The molecule has 3 heteroatoms. The molecule has 3 rings (SSSR count). The SMILES string of the molecule is Fc1ccc(C2C[CH]C(n3cccn3)C2)cc1. The molecule has 0 saturated heterocycles. The number of halogens is 1. The van der Waals surface area contributed by atoms with Gasteiger partial charge in [0.2, 0.25) is 0 Å². The van der Waals surface area contributed by atoms with Gasteiger partial charge in [0.05, 0.1) is 6.04 Å². The average molecular weight is 229 g/mol. The highest BCUT2D eigenvalue weighted by molar-refractivity contribution is 5.23. The molecule has 1 saturated carbocycles. The van der Waals surface area contributed by atoms with Gasteiger partial charge in [-0.3, -0.25) is 4.68 Å². The van der Waals surface area contributed by atoms with Crippen molar-refractivity contribution >= 4 is 0 Å². The summed E-state index contributed by atoms with van der Waals surface area (Å²) >= 11 is 0. The van der Waals surface area contributed by atoms with Gasteiger partial charge in [-0.2, -0.15) is 5.10 Å². The van der Waals surface area contributed by atoms with Gasteiger partial charge in [0, 0.05) is 12.4 Å². The minimum atomic E-state index is -0.167. The van der Waals surface area contributed by atoms with Crippen LogP contribution in [0.2, 0.25) is 0 Å². The van der Waals surface area contributed by atoms with E-state index < -0.39 is 0 Å². The summed E-state index contributed by atoms with van der Waals surface area (Å²) in [6.45, 7) is 0. The van der Waals surface area contributed by atoms with Crippen LogP contribution in [0.25, 0.3) is 0 Å². The Morgan fingerprint density at radius 2 is 2.06 bits per heavy atom. The van der Waals surface area contributed by atoms with Gasteiger partial charge in [-0.15, -0.1) is 0 Å². The number of hydrogen-bond acceptors (Lipinski definition) is 1. The first kappa shape index (κ1) is 10.5. The van der Waals surface area contributed by atoms with Crippen LogP contribution in [0.1, 0.15) is 30.4 Å². The summed E-state index contributed by atoms with van der Waals surface area (Å²) in [5.74, 6) is 0.323. The van der Waals surface area contributed by atoms with Crippen molar-refractivity contribution in [1.82, 2.24) is 9.78 Å². The van der Waals surface area contributed by atoms with Crippen molar-refractivity contribution in [2.24, 2.45) is 0 Å². The van der Waals surface area contributed by atoms with Gasteiger partial charge in [0.1, 0.15) is 5.82 Å². The summed E-state index contributed by atoms with van der Waals surface area (Å²) in [6, 6.07) is 9.17. The van der Waals surface area contributed by atoms with Crippen molar-refractivity contribution in [1.29, 1.82) is 0 Å². The van der Waals surface area contributed by atoms with Crippen LogP contribution in [0.5, 0.6) is 0 Å². The maximum Gasteiger partial charge on any atom is 0.123 e. The molecule has 2 aromatic rings. The van der Waals surface area contributed by atoms with Gasteiger partial charge in [0.15, 0.2) is 0 Å². The molecule has 1 aliphatic rings. The minimum Gasteiger partial charge on any atom is -0.269 e. The van der Waals surface area contributed by atoms with Gasteiger partial charge in [-0.1, -0.05) is 12.1 Å². The monoisotopic (exact) mass is 229 g/mol. The first-order valence-electron chi connectivity index (χ1n) is 5.91. The number of nitrogens with zero attached hydrogens (tertiary/aromatic N) is 2. The van der Waals surface area contributed by atoms with Crippen LogP contribution in [-0.4, -0.2) is 9.78 Å². The molecule has 0 spiro atoms. The molecular formula is C14H14FN2. The van der Waals surface area contributed by atoms with Crippen LogP contribution < -0.4 is 0 Å². The number of hydrogen-bond donors (Lipinski definition) is 0. The fourth-order valence-corrected chi connectivity index (χ4v) is 2.51. The maximum atomic E-state index is 12.9. The Balaban J connectivity index is 1.74. The molecule has 0 N–H and O–H groups in total. The highest BCUT2D eigenvalue weighted by Crippen LogP contribution is 2.39. The molecule has 0 bridgehead atoms. The molecule has 1 heterocycles. The molecule has 87 valence electrons. The number of rotatable bonds is 2. The third-order valence-corrected chi connectivity index (χ3v) is 3.42. The smallest absolute Gasteiger partial charge is 0.123 e. The maximum absolute atomic E-state index is 12.9. The van der Waals surface area contributed by atoms with E-state index in [2.05, 4.69) is 11.5 Å². The van der Waals surface area contributed by atoms with Crippen LogP contribution in [0.4, 0.5) is 4.39 Å². The van der Waals surface area contributed by atoms with Crippen molar-refractivity contribution in [2.45, 2.75) is 24.8 Å². The Labute approximate surface area is 100 Å². The molecule has 1 radical (unpaired) electrons. The van der Waals surface area contributed by atoms with Gasteiger partial charge in [0.25, 0.3) is 0 Å². The molecule has 2 unspecified atom stereocenters. The topological polar surface area (TPSA) is 17.8 Å². The Kier molecular flexibility index (Phi) is 2.67. The zero-order valence-corrected chi connectivity index (χ0v) is 9.46. The van der Waals surface area contributed by atoms with E-state index in [1.54, 1.807) is 6.20 Å². The molecule has 0 aliphatic heterocycles. The number of benzene rings is 1. The van der Waals surface area contributed by atoms with E-state index >= 15 is 0 Å². The Hall–Kier alpha value is -1.64. The van der Waals surface area contributed by atoms with Crippen LogP contribution in [-0.2, 0) is 0 Å². The third kappa shape index (κ3) is 2.09. The number of aromatic nitrogens is 2. The van der Waals surface area contributed by atoms with Crippen molar-refractivity contribution in [3.8, 4) is 0 Å². The largest absolute Gasteiger partial charge is 0.269 e. The second-order valence-corrected chi connectivity index (χ2v) is 4.51. The fraction of sp³-hybridized carbons (Fsp3) is 0.286. The first-order chi connectivity index (χ1) is 8.33. The van der Waals surface area contributed by atoms with E-state index in [0.29, 0.717) is 12.0 Å². The van der Waals surface area contributed by atoms with Crippen LogP contribution >= 0.6 is 0 Å². The van der Waals surface area contributed by atoms with Crippen molar-refractivity contribution < 1.29 is 4.39 Å². The summed E-state index contributed by atoms with van der Waals surface area (Å²) < 4.78 is 14.8. The molecule has 17 heavy (non-hydrogen) atoms. The van der Waals surface area contributed by atoms with Gasteiger partial charge in [-0.25, -0.2) is 4.39 Å². The van der Waals surface area contributed by atoms with Crippen LogP contribution in [0.15, 0.2) is 42.7 Å². The first-order valence-corrected chi connectivity index (χ1v) is 5.91. The van der Waals surface area contributed by atoms with E-state index in [9.17, 15) is 4.39 Å². The van der Waals surface area contributed by atoms with E-state index in [1.165, 1.54) is 17.7 Å². The van der Waals surface area contributed by atoms with Crippen LogP contribution in [0.3, 0.4) is 0 Å². The predicted octanol–water partition coefficient (Wildman–Crippen LogP) is 3.35. The highest BCUT2D eigenvalue weighted by atomic mass is 19.1. The van der Waals surface area contributed by atoms with Gasteiger partial charge < -0.3 is 0 Å². The lowest BCUT2D eigenvalue weighted by Gasteiger charge is -2.12. The lowest BCUT2D eigenvalue weighted by atomic mass is 9.97. The highest BCUT2D eigenvalue weighted by Gasteiger charge is 2.27. The quantitative estimate of drug-likeness (QED) is 0.772. The lowest BCUT2D eigenvalue weighted by molar-refractivity contribution is 0.504. The minimum absolute atomic E-state index is 0.167. The third-order valence-electron chi connectivity index (χ3n) is 3.42. The normalized spacial score (nSPS) is 24.1. The summed E-state index contributed by atoms with van der Waals surface area (Å²) in [7, 11) is 0. The molecule has 1 aromatic carbocycles. The average Bonchev–Trinajstić information content (AvgIpc) is 3.00. The standard InChI is InChI=1S/C14H14FN2/c15-13-5-2-11(3-6-13)12-4-7-14(10-12)17-9-1-8-16-17/h1-3,5-9,12,14H,4,10H2. The molecule has 1 aliphatic carbocycles. The Bertz CT molecular complexity index is 475. The van der Waals surface area contributed by atoms with Gasteiger partial charge >= 0.3 is 0 Å². The summed E-state index contributed by atoms with van der Waals surface area (Å²) in [4.78, 5) is 0. The molecule has 2 nitrogen and oxygen atoms in total. The van der Waals surface area contributed by atoms with Crippen LogP contribution in [0, 0.1) is 12.2 Å². The summed E-state index contributed by atoms with van der Waals surface area (Å²) in [6.07, 6.45) is 8.18. The van der Waals surface area contributed by atoms with E-state index in [0.717, 1.165) is 12.8 Å². The molecule has 1 fully saturated rings. The Morgan fingerprint density at radius 3 is 2.76 bits per heavy atom. The molecule has 2 atom stereocenters. The Morgan fingerprint density at radius 1 is 1.24 bits per heavy atom. The fourth-order valence-electron chi connectivity index (χ4n) is 2.51. The van der Waals surface area contributed by atoms with Crippen molar-refractivity contribution in [2.75, 3.05) is 0 Å². The molecule has 0 amide bonds. The zero-order valence-electron chi connectivity index (χ0n) is 9.46. The predicted molar refractivity (Wildman–Crippen MR) is 63.9 cm³/mol. The molecular weight excluding hydrogens is 215 g/mol. The van der Waals surface area contributed by atoms with E-state index in [4.69, 9.17) is 0 Å². The molecule has 1 aromatic heterocycles. The lowest BCUT2D eigenvalue weighted by Crippen LogP contribution is -2.05. The van der Waals surface area contributed by atoms with Crippen molar-refractivity contribution in [3.05, 3.63) is 60.5 Å². The summed E-state index contributed by atoms with van der Waals surface area (Å²) in [5.41, 5.74) is 1.22. The second kappa shape index (κ2) is 4.32. The van der Waals surface area contributed by atoms with E-state index in [1.807, 2.05) is 29.1 Å². The van der Waals surface area contributed by atoms with Gasteiger partial charge in [-0.05, 0) is 48.9 Å². The van der Waals surface area contributed by atoms with Crippen molar-refractivity contribution in [3.63, 3.8) is 0 Å².